The number of nitrogens with zero attached hydrogens (tertiary/aromatic N) is 1. The minimum Gasteiger partial charge on any atom is -0.374 e. The smallest absolute Gasteiger partial charge is 0.137 e. The highest BCUT2D eigenvalue weighted by molar-refractivity contribution is 5.82. The van der Waals surface area contributed by atoms with Gasteiger partial charge in [-0.25, -0.2) is 4.39 Å². The van der Waals surface area contributed by atoms with E-state index in [-0.39, 0.29) is 17.2 Å². The van der Waals surface area contributed by atoms with Gasteiger partial charge in [-0.05, 0) is 42.5 Å². The fourth-order valence-electron chi connectivity index (χ4n) is 2.85. The molecular weight excluding hydrogens is 241 g/mol. The van der Waals surface area contributed by atoms with Crippen LogP contribution in [0.4, 0.5) is 10.1 Å². The number of benzene rings is 1. The second kappa shape index (κ2) is 5.32. The van der Waals surface area contributed by atoms with Crippen molar-refractivity contribution in [2.45, 2.75) is 33.1 Å². The lowest BCUT2D eigenvalue weighted by atomic mass is 9.71. The zero-order chi connectivity index (χ0) is 14.0. The predicted octanol–water partition coefficient (Wildman–Crippen LogP) is 3.66. The summed E-state index contributed by atoms with van der Waals surface area (Å²) in [5.74, 6) is 0.235. The number of anilines is 1. The average molecular weight is 263 g/mol. The van der Waals surface area contributed by atoms with Gasteiger partial charge < -0.3 is 4.90 Å². The van der Waals surface area contributed by atoms with Crippen molar-refractivity contribution >= 4 is 11.5 Å². The van der Waals surface area contributed by atoms with E-state index in [1.807, 2.05) is 11.9 Å². The summed E-state index contributed by atoms with van der Waals surface area (Å²) < 4.78 is 12.9. The minimum absolute atomic E-state index is 0.0961. The predicted molar refractivity (Wildman–Crippen MR) is 75.8 cm³/mol. The van der Waals surface area contributed by atoms with Crippen molar-refractivity contribution in [3.8, 4) is 0 Å². The largest absolute Gasteiger partial charge is 0.374 e. The molecule has 3 heteroatoms. The lowest BCUT2D eigenvalue weighted by molar-refractivity contribution is -0.126. The molecule has 1 saturated carbocycles. The highest BCUT2D eigenvalue weighted by Crippen LogP contribution is 2.37. The molecule has 19 heavy (non-hydrogen) atoms. The maximum absolute atomic E-state index is 12.9. The van der Waals surface area contributed by atoms with Crippen LogP contribution < -0.4 is 4.90 Å². The summed E-state index contributed by atoms with van der Waals surface area (Å²) in [6.07, 6.45) is 2.62. The summed E-state index contributed by atoms with van der Waals surface area (Å²) in [4.78, 5) is 14.1. The van der Waals surface area contributed by atoms with Gasteiger partial charge in [0.15, 0.2) is 0 Å². The third-order valence-corrected chi connectivity index (χ3v) is 4.06. The number of Topliss-reactive ketones (excluding diaryl/α,β-unsaturated/α-hetero) is 1. The maximum atomic E-state index is 12.9. The van der Waals surface area contributed by atoms with E-state index in [4.69, 9.17) is 0 Å². The molecule has 0 bridgehead atoms. The fourth-order valence-corrected chi connectivity index (χ4v) is 2.85. The van der Waals surface area contributed by atoms with Crippen molar-refractivity contribution in [2.24, 2.45) is 11.3 Å². The maximum Gasteiger partial charge on any atom is 0.137 e. The van der Waals surface area contributed by atoms with Crippen LogP contribution in [0.2, 0.25) is 0 Å². The van der Waals surface area contributed by atoms with Gasteiger partial charge in [0.05, 0.1) is 0 Å². The van der Waals surface area contributed by atoms with Crippen molar-refractivity contribution in [3.63, 3.8) is 0 Å². The van der Waals surface area contributed by atoms with E-state index in [1.54, 1.807) is 12.1 Å². The molecule has 0 amide bonds. The van der Waals surface area contributed by atoms with Crippen LogP contribution in [0.3, 0.4) is 0 Å². The Morgan fingerprint density at radius 1 is 1.32 bits per heavy atom. The molecule has 1 aromatic rings. The van der Waals surface area contributed by atoms with E-state index < -0.39 is 0 Å². The van der Waals surface area contributed by atoms with Crippen molar-refractivity contribution in [2.75, 3.05) is 18.5 Å². The quantitative estimate of drug-likeness (QED) is 0.829. The standard InChI is InChI=1S/C16H22FNO/c1-16(2)9-8-15(19)12(10-16)11-18(3)14-6-4-13(17)5-7-14/h4-7,12H,8-11H2,1-3H3. The van der Waals surface area contributed by atoms with Crippen LogP contribution in [0.1, 0.15) is 33.1 Å². The molecule has 0 heterocycles. The molecule has 2 rings (SSSR count). The average Bonchev–Trinajstić information content (AvgIpc) is 2.34. The molecule has 1 aliphatic rings. The van der Waals surface area contributed by atoms with Gasteiger partial charge in [0.1, 0.15) is 11.6 Å². The molecule has 0 aromatic heterocycles. The molecule has 104 valence electrons. The molecule has 0 saturated heterocycles. The number of ketones is 1. The van der Waals surface area contributed by atoms with Gasteiger partial charge in [0.2, 0.25) is 0 Å². The Balaban J connectivity index is 2.03. The van der Waals surface area contributed by atoms with Crippen LogP contribution in [0.15, 0.2) is 24.3 Å². The summed E-state index contributed by atoms with van der Waals surface area (Å²) in [6, 6.07) is 6.43. The molecule has 0 spiro atoms. The third kappa shape index (κ3) is 3.55. The van der Waals surface area contributed by atoms with E-state index in [0.29, 0.717) is 18.7 Å². The Morgan fingerprint density at radius 3 is 2.58 bits per heavy atom. The van der Waals surface area contributed by atoms with Crippen LogP contribution in [0, 0.1) is 17.2 Å². The number of hydrogen-bond donors (Lipinski definition) is 0. The van der Waals surface area contributed by atoms with E-state index >= 15 is 0 Å². The van der Waals surface area contributed by atoms with Crippen molar-refractivity contribution in [3.05, 3.63) is 30.1 Å². The molecule has 1 unspecified atom stereocenters. The van der Waals surface area contributed by atoms with Crippen LogP contribution in [-0.2, 0) is 4.79 Å². The van der Waals surface area contributed by atoms with Gasteiger partial charge in [-0.3, -0.25) is 4.79 Å². The number of halogens is 1. The molecule has 2 nitrogen and oxygen atoms in total. The Kier molecular flexibility index (Phi) is 3.93. The molecular formula is C16H22FNO. The number of carbonyl (C=O) groups is 1. The monoisotopic (exact) mass is 263 g/mol. The second-order valence-electron chi connectivity index (χ2n) is 6.39. The molecule has 1 fully saturated rings. The van der Waals surface area contributed by atoms with Crippen LogP contribution in [0.5, 0.6) is 0 Å². The fraction of sp³-hybridized carbons (Fsp3) is 0.562. The van der Waals surface area contributed by atoms with Crippen molar-refractivity contribution < 1.29 is 9.18 Å². The van der Waals surface area contributed by atoms with Crippen LogP contribution in [0.25, 0.3) is 0 Å². The molecule has 1 atom stereocenters. The van der Waals surface area contributed by atoms with Crippen molar-refractivity contribution in [1.82, 2.24) is 0 Å². The summed E-state index contributed by atoms with van der Waals surface area (Å²) >= 11 is 0. The Morgan fingerprint density at radius 2 is 1.95 bits per heavy atom. The van der Waals surface area contributed by atoms with E-state index in [9.17, 15) is 9.18 Å². The zero-order valence-corrected chi connectivity index (χ0v) is 11.9. The lowest BCUT2D eigenvalue weighted by Gasteiger charge is -2.36. The summed E-state index contributed by atoms with van der Waals surface area (Å²) in [5.41, 5.74) is 1.21. The molecule has 0 N–H and O–H groups in total. The highest BCUT2D eigenvalue weighted by Gasteiger charge is 2.34. The Hall–Kier alpha value is -1.38. The van der Waals surface area contributed by atoms with Gasteiger partial charge in [-0.15, -0.1) is 0 Å². The van der Waals surface area contributed by atoms with Gasteiger partial charge in [0, 0.05) is 31.6 Å². The number of rotatable bonds is 3. The first-order chi connectivity index (χ1) is 8.87. The molecule has 0 radical (unpaired) electrons. The molecule has 1 aliphatic carbocycles. The first-order valence-electron chi connectivity index (χ1n) is 6.87. The third-order valence-electron chi connectivity index (χ3n) is 4.06. The van der Waals surface area contributed by atoms with Gasteiger partial charge in [-0.2, -0.15) is 0 Å². The van der Waals surface area contributed by atoms with E-state index in [0.717, 1.165) is 18.5 Å². The minimum atomic E-state index is -0.230. The van der Waals surface area contributed by atoms with Gasteiger partial charge >= 0.3 is 0 Å². The lowest BCUT2D eigenvalue weighted by Crippen LogP contribution is -2.37. The zero-order valence-electron chi connectivity index (χ0n) is 11.9. The molecule has 0 aliphatic heterocycles. The first-order valence-corrected chi connectivity index (χ1v) is 6.87. The van der Waals surface area contributed by atoms with Gasteiger partial charge in [-0.1, -0.05) is 13.8 Å². The van der Waals surface area contributed by atoms with Gasteiger partial charge in [0.25, 0.3) is 0 Å². The Labute approximate surface area is 114 Å². The molecule has 1 aromatic carbocycles. The summed E-state index contributed by atoms with van der Waals surface area (Å²) in [7, 11) is 1.96. The van der Waals surface area contributed by atoms with Crippen molar-refractivity contribution in [1.29, 1.82) is 0 Å². The van der Waals surface area contributed by atoms with E-state index in [1.165, 1.54) is 12.1 Å². The summed E-state index contributed by atoms with van der Waals surface area (Å²) in [6.45, 7) is 5.17. The number of hydrogen-bond acceptors (Lipinski definition) is 2. The summed E-state index contributed by atoms with van der Waals surface area (Å²) in [5, 5.41) is 0. The highest BCUT2D eigenvalue weighted by atomic mass is 19.1. The first kappa shape index (κ1) is 14.0. The second-order valence-corrected chi connectivity index (χ2v) is 6.39. The van der Waals surface area contributed by atoms with Crippen LogP contribution in [-0.4, -0.2) is 19.4 Å². The number of carbonyl (C=O) groups excluding carboxylic acids is 1. The topological polar surface area (TPSA) is 20.3 Å². The van der Waals surface area contributed by atoms with Crippen LogP contribution >= 0.6 is 0 Å². The Bertz CT molecular complexity index is 452. The SMILES string of the molecule is CN(CC1CC(C)(C)CCC1=O)c1ccc(F)cc1. The normalized spacial score (nSPS) is 22.3. The van der Waals surface area contributed by atoms with E-state index in [2.05, 4.69) is 13.8 Å².